The number of ether oxygens (including phenoxy) is 3. The first-order chi connectivity index (χ1) is 8.79. The molecule has 104 valence electrons. The van der Waals surface area contributed by atoms with Crippen LogP contribution >= 0.6 is 0 Å². The van der Waals surface area contributed by atoms with Crippen LogP contribution in [0, 0.1) is 5.92 Å². The average Bonchev–Trinajstić information content (AvgIpc) is 3.13. The van der Waals surface area contributed by atoms with E-state index in [4.69, 9.17) is 14.2 Å². The lowest BCUT2D eigenvalue weighted by molar-refractivity contribution is -0.147. The van der Waals surface area contributed by atoms with Gasteiger partial charge in [-0.1, -0.05) is 13.0 Å². The van der Waals surface area contributed by atoms with E-state index in [2.05, 4.69) is 6.92 Å². The van der Waals surface area contributed by atoms with Crippen LogP contribution in [0.2, 0.25) is 6.04 Å². The van der Waals surface area contributed by atoms with Crippen molar-refractivity contribution in [1.29, 1.82) is 0 Å². The summed E-state index contributed by atoms with van der Waals surface area (Å²) < 4.78 is 16.0. The van der Waals surface area contributed by atoms with Crippen LogP contribution in [0.4, 0.5) is 0 Å². The van der Waals surface area contributed by atoms with Crippen LogP contribution in [0.1, 0.15) is 32.6 Å². The summed E-state index contributed by atoms with van der Waals surface area (Å²) in [7, 11) is -0.179. The molecular formula is C13H24O4Si. The molecule has 0 bridgehead atoms. The molecule has 0 radical (unpaired) electrons. The fourth-order valence-electron chi connectivity index (χ4n) is 2.53. The Bertz CT molecular complexity index is 272. The van der Waals surface area contributed by atoms with Crippen LogP contribution in [0.15, 0.2) is 0 Å². The minimum absolute atomic E-state index is 0.118. The maximum atomic E-state index is 11.3. The number of esters is 1. The molecule has 3 atom stereocenters. The number of epoxide rings is 1. The van der Waals surface area contributed by atoms with E-state index in [1.807, 2.05) is 0 Å². The molecule has 3 unspecified atom stereocenters. The zero-order valence-corrected chi connectivity index (χ0v) is 12.6. The van der Waals surface area contributed by atoms with Crippen molar-refractivity contribution in [1.82, 2.24) is 0 Å². The van der Waals surface area contributed by atoms with E-state index in [0.29, 0.717) is 25.0 Å². The summed E-state index contributed by atoms with van der Waals surface area (Å²) in [5.41, 5.74) is 0. The zero-order chi connectivity index (χ0) is 12.8. The Balaban J connectivity index is 1.44. The number of carbonyl (C=O) groups is 1. The predicted molar refractivity (Wildman–Crippen MR) is 71.4 cm³/mol. The van der Waals surface area contributed by atoms with Crippen LogP contribution in [-0.4, -0.2) is 47.1 Å². The number of fused-ring (bicyclic) bond motifs is 1. The summed E-state index contributed by atoms with van der Waals surface area (Å²) in [5.74, 6) is 0.516. The van der Waals surface area contributed by atoms with Crippen LogP contribution in [-0.2, 0) is 19.0 Å². The molecule has 0 aromatic heterocycles. The van der Waals surface area contributed by atoms with E-state index in [-0.39, 0.29) is 22.1 Å². The first kappa shape index (κ1) is 14.0. The topological polar surface area (TPSA) is 48.1 Å². The van der Waals surface area contributed by atoms with Gasteiger partial charge in [-0.05, 0) is 31.6 Å². The number of hydrogen-bond donors (Lipinski definition) is 0. The largest absolute Gasteiger partial charge is 0.468 e. The van der Waals surface area contributed by atoms with Crippen LogP contribution in [0.5, 0.6) is 0 Å². The Morgan fingerprint density at radius 2 is 2.28 bits per heavy atom. The fourth-order valence-corrected chi connectivity index (χ4v) is 3.19. The first-order valence-electron chi connectivity index (χ1n) is 7.18. The molecule has 0 N–H and O–H groups in total. The van der Waals surface area contributed by atoms with E-state index in [1.165, 1.54) is 25.3 Å². The minimum Gasteiger partial charge on any atom is -0.468 e. The number of carbonyl (C=O) groups excluding carboxylic acids is 1. The van der Waals surface area contributed by atoms with Gasteiger partial charge in [0.15, 0.2) is 0 Å². The Kier molecular flexibility index (Phi) is 5.66. The second-order valence-electron chi connectivity index (χ2n) is 5.31. The van der Waals surface area contributed by atoms with Crippen molar-refractivity contribution in [2.24, 2.45) is 5.92 Å². The molecule has 0 amide bonds. The molecule has 2 aliphatic rings. The molecule has 18 heavy (non-hydrogen) atoms. The average molecular weight is 272 g/mol. The summed E-state index contributed by atoms with van der Waals surface area (Å²) in [4.78, 5) is 11.3. The lowest BCUT2D eigenvalue weighted by atomic mass is 9.87. The Hall–Kier alpha value is -0.393. The van der Waals surface area contributed by atoms with Gasteiger partial charge in [-0.2, -0.15) is 0 Å². The van der Waals surface area contributed by atoms with Gasteiger partial charge < -0.3 is 14.2 Å². The molecule has 0 aromatic carbocycles. The standard InChI is InChI=1S/C13H24O4Si/c1-2-18-9-16-13(14)8-15-6-5-10-3-4-11-12(7-10)17-11/h10-12H,2-9,18H2,1H3. The van der Waals surface area contributed by atoms with Gasteiger partial charge >= 0.3 is 5.97 Å². The SMILES string of the molecule is CC[SiH2]COC(=O)COCCC1CCC2OC2C1. The van der Waals surface area contributed by atoms with E-state index in [9.17, 15) is 4.79 Å². The van der Waals surface area contributed by atoms with Crippen molar-refractivity contribution < 1.29 is 19.0 Å². The summed E-state index contributed by atoms with van der Waals surface area (Å²) in [6.45, 7) is 2.92. The quantitative estimate of drug-likeness (QED) is 0.287. The maximum absolute atomic E-state index is 11.3. The van der Waals surface area contributed by atoms with Crippen LogP contribution in [0.3, 0.4) is 0 Å². The summed E-state index contributed by atoms with van der Waals surface area (Å²) >= 11 is 0. The molecule has 1 saturated carbocycles. The molecule has 1 aliphatic carbocycles. The van der Waals surface area contributed by atoms with E-state index in [0.717, 1.165) is 12.3 Å². The third kappa shape index (κ3) is 4.70. The second kappa shape index (κ2) is 7.26. The molecule has 1 heterocycles. The third-order valence-corrected chi connectivity index (χ3v) is 4.96. The number of hydrogen-bond acceptors (Lipinski definition) is 4. The Labute approximate surface area is 111 Å². The highest BCUT2D eigenvalue weighted by atomic mass is 28.2. The van der Waals surface area contributed by atoms with Crippen molar-refractivity contribution >= 4 is 15.5 Å². The summed E-state index contributed by atoms with van der Waals surface area (Å²) in [6.07, 6.45) is 6.44. The number of rotatable bonds is 8. The lowest BCUT2D eigenvalue weighted by Crippen LogP contribution is -2.18. The van der Waals surface area contributed by atoms with Gasteiger partial charge in [0.25, 0.3) is 0 Å². The van der Waals surface area contributed by atoms with Crippen molar-refractivity contribution in [3.63, 3.8) is 0 Å². The highest BCUT2D eigenvalue weighted by Gasteiger charge is 2.43. The van der Waals surface area contributed by atoms with Crippen LogP contribution < -0.4 is 0 Å². The van der Waals surface area contributed by atoms with Gasteiger partial charge in [-0.15, -0.1) is 0 Å². The van der Waals surface area contributed by atoms with E-state index in [1.54, 1.807) is 0 Å². The van der Waals surface area contributed by atoms with E-state index < -0.39 is 0 Å². The fraction of sp³-hybridized carbons (Fsp3) is 0.923. The van der Waals surface area contributed by atoms with Crippen molar-refractivity contribution in [3.05, 3.63) is 0 Å². The van der Waals surface area contributed by atoms with Crippen molar-refractivity contribution in [2.75, 3.05) is 19.4 Å². The Morgan fingerprint density at radius 1 is 1.39 bits per heavy atom. The summed E-state index contributed by atoms with van der Waals surface area (Å²) in [5, 5.41) is 0. The zero-order valence-electron chi connectivity index (χ0n) is 11.2. The third-order valence-electron chi connectivity index (χ3n) is 3.76. The molecule has 0 aromatic rings. The molecule has 5 heteroatoms. The second-order valence-corrected chi connectivity index (χ2v) is 7.42. The molecule has 4 nitrogen and oxygen atoms in total. The van der Waals surface area contributed by atoms with Gasteiger partial charge in [0.2, 0.25) is 0 Å². The van der Waals surface area contributed by atoms with Gasteiger partial charge in [0.1, 0.15) is 6.61 Å². The van der Waals surface area contributed by atoms with Gasteiger partial charge in [-0.25, -0.2) is 4.79 Å². The van der Waals surface area contributed by atoms with Crippen molar-refractivity contribution in [3.8, 4) is 0 Å². The minimum atomic E-state index is -0.204. The molecule has 1 saturated heterocycles. The highest BCUT2D eigenvalue weighted by Crippen LogP contribution is 2.40. The van der Waals surface area contributed by atoms with Gasteiger partial charge in [0, 0.05) is 6.61 Å². The Morgan fingerprint density at radius 3 is 3.06 bits per heavy atom. The highest BCUT2D eigenvalue weighted by molar-refractivity contribution is 6.35. The van der Waals surface area contributed by atoms with E-state index >= 15 is 0 Å². The molecule has 2 fully saturated rings. The summed E-state index contributed by atoms with van der Waals surface area (Å²) in [6, 6.07) is 1.18. The molecule has 1 aliphatic heterocycles. The maximum Gasteiger partial charge on any atom is 0.331 e. The smallest absolute Gasteiger partial charge is 0.331 e. The molecule has 0 spiro atoms. The monoisotopic (exact) mass is 272 g/mol. The lowest BCUT2D eigenvalue weighted by Gasteiger charge is -2.18. The first-order valence-corrected chi connectivity index (χ1v) is 9.18. The predicted octanol–water partition coefficient (Wildman–Crippen LogP) is 1.07. The van der Waals surface area contributed by atoms with Gasteiger partial charge in [-0.3, -0.25) is 0 Å². The van der Waals surface area contributed by atoms with Crippen molar-refractivity contribution in [2.45, 2.75) is 50.9 Å². The van der Waals surface area contributed by atoms with Crippen LogP contribution in [0.25, 0.3) is 0 Å². The molecule has 2 rings (SSSR count). The van der Waals surface area contributed by atoms with Gasteiger partial charge in [0.05, 0.1) is 28.0 Å². The molecular weight excluding hydrogens is 248 g/mol. The normalized spacial score (nSPS) is 30.4.